The molecule has 0 fully saturated rings. The number of nitrogens with two attached hydrogens (primary N) is 1. The topological polar surface area (TPSA) is 91.3 Å². The van der Waals surface area contributed by atoms with Gasteiger partial charge in [0.15, 0.2) is 0 Å². The number of anilines is 1. The second-order valence-corrected chi connectivity index (χ2v) is 4.25. The fraction of sp³-hybridized carbons (Fsp3) is 0.0833. The number of benzene rings is 1. The number of pyridine rings is 1. The molecule has 1 heterocycles. The zero-order chi connectivity index (χ0) is 14.0. The SMILES string of the molecule is Cc1ccc(Oc2ccc([N+](=O)[O-])c(N)n2)c(Cl)c1. The Morgan fingerprint density at radius 2 is 2.11 bits per heavy atom. The van der Waals surface area contributed by atoms with E-state index in [4.69, 9.17) is 22.1 Å². The molecule has 0 amide bonds. The zero-order valence-corrected chi connectivity index (χ0v) is 10.7. The third-order valence-electron chi connectivity index (χ3n) is 2.38. The molecule has 0 atom stereocenters. The standard InChI is InChI=1S/C12H10ClN3O3/c1-7-2-4-10(8(13)6-7)19-11-5-3-9(16(17)18)12(14)15-11/h2-6H,1H3,(H2,14,15). The summed E-state index contributed by atoms with van der Waals surface area (Å²) in [5.74, 6) is 0.354. The lowest BCUT2D eigenvalue weighted by atomic mass is 10.2. The van der Waals surface area contributed by atoms with Crippen LogP contribution in [0.4, 0.5) is 11.5 Å². The van der Waals surface area contributed by atoms with Crippen LogP contribution in [0.15, 0.2) is 30.3 Å². The molecule has 1 aromatic heterocycles. The first-order valence-electron chi connectivity index (χ1n) is 5.32. The average Bonchev–Trinajstić information content (AvgIpc) is 2.32. The highest BCUT2D eigenvalue weighted by atomic mass is 35.5. The van der Waals surface area contributed by atoms with Crippen LogP contribution < -0.4 is 10.5 Å². The Morgan fingerprint density at radius 1 is 1.37 bits per heavy atom. The van der Waals surface area contributed by atoms with Gasteiger partial charge in [0.1, 0.15) is 5.75 Å². The number of hydrogen-bond donors (Lipinski definition) is 1. The van der Waals surface area contributed by atoms with Crippen molar-refractivity contribution < 1.29 is 9.66 Å². The molecular weight excluding hydrogens is 270 g/mol. The normalized spacial score (nSPS) is 10.2. The number of rotatable bonds is 3. The lowest BCUT2D eigenvalue weighted by Crippen LogP contribution is -1.99. The van der Waals surface area contributed by atoms with Gasteiger partial charge in [0.2, 0.25) is 11.7 Å². The molecule has 0 aliphatic heterocycles. The Kier molecular flexibility index (Phi) is 3.52. The smallest absolute Gasteiger partial charge is 0.311 e. The van der Waals surface area contributed by atoms with Crippen LogP contribution in [0.2, 0.25) is 5.02 Å². The fourth-order valence-corrected chi connectivity index (χ4v) is 1.74. The van der Waals surface area contributed by atoms with Gasteiger partial charge in [-0.1, -0.05) is 17.7 Å². The van der Waals surface area contributed by atoms with Crippen LogP contribution in [-0.2, 0) is 0 Å². The van der Waals surface area contributed by atoms with Crippen molar-refractivity contribution in [2.24, 2.45) is 0 Å². The summed E-state index contributed by atoms with van der Waals surface area (Å²) >= 11 is 6.01. The van der Waals surface area contributed by atoms with E-state index in [2.05, 4.69) is 4.98 Å². The molecule has 2 N–H and O–H groups in total. The average molecular weight is 280 g/mol. The third-order valence-corrected chi connectivity index (χ3v) is 2.67. The summed E-state index contributed by atoms with van der Waals surface area (Å²) < 4.78 is 5.43. The van der Waals surface area contributed by atoms with Gasteiger partial charge in [-0.3, -0.25) is 10.1 Å². The fourth-order valence-electron chi connectivity index (χ4n) is 1.46. The quantitative estimate of drug-likeness (QED) is 0.687. The van der Waals surface area contributed by atoms with E-state index in [1.807, 2.05) is 13.0 Å². The van der Waals surface area contributed by atoms with E-state index >= 15 is 0 Å². The molecule has 0 saturated carbocycles. The Morgan fingerprint density at radius 3 is 2.68 bits per heavy atom. The summed E-state index contributed by atoms with van der Waals surface area (Å²) in [6.07, 6.45) is 0. The van der Waals surface area contributed by atoms with E-state index in [0.717, 1.165) is 5.56 Å². The predicted molar refractivity (Wildman–Crippen MR) is 71.6 cm³/mol. The van der Waals surface area contributed by atoms with E-state index in [-0.39, 0.29) is 17.4 Å². The lowest BCUT2D eigenvalue weighted by molar-refractivity contribution is -0.384. The first-order chi connectivity index (χ1) is 8.97. The molecule has 0 bridgehead atoms. The molecule has 98 valence electrons. The van der Waals surface area contributed by atoms with Crippen molar-refractivity contribution in [2.75, 3.05) is 5.73 Å². The molecule has 19 heavy (non-hydrogen) atoms. The lowest BCUT2D eigenvalue weighted by Gasteiger charge is -2.07. The Balaban J connectivity index is 2.29. The Hall–Kier alpha value is -2.34. The zero-order valence-electron chi connectivity index (χ0n) is 9.96. The minimum atomic E-state index is -0.606. The highest BCUT2D eigenvalue weighted by Crippen LogP contribution is 2.31. The van der Waals surface area contributed by atoms with E-state index in [9.17, 15) is 10.1 Å². The number of nitro groups is 1. The second kappa shape index (κ2) is 5.11. The summed E-state index contributed by atoms with van der Waals surface area (Å²) in [5, 5.41) is 11.0. The molecule has 0 spiro atoms. The molecule has 0 aliphatic carbocycles. The Labute approximate surface area is 113 Å². The van der Waals surface area contributed by atoms with Gasteiger partial charge < -0.3 is 10.5 Å². The van der Waals surface area contributed by atoms with E-state index < -0.39 is 4.92 Å². The van der Waals surface area contributed by atoms with Crippen molar-refractivity contribution in [1.29, 1.82) is 0 Å². The van der Waals surface area contributed by atoms with Gasteiger partial charge in [-0.15, -0.1) is 0 Å². The summed E-state index contributed by atoms with van der Waals surface area (Å²) in [4.78, 5) is 13.8. The van der Waals surface area contributed by atoms with Gasteiger partial charge in [-0.25, -0.2) is 0 Å². The molecular formula is C12H10ClN3O3. The molecule has 0 saturated heterocycles. The number of halogens is 1. The first kappa shape index (κ1) is 13.1. The Bertz CT molecular complexity index is 646. The van der Waals surface area contributed by atoms with Crippen LogP contribution in [0.5, 0.6) is 11.6 Å². The minimum Gasteiger partial charge on any atom is -0.437 e. The molecule has 0 radical (unpaired) electrons. The largest absolute Gasteiger partial charge is 0.437 e. The molecule has 1 aromatic carbocycles. The summed E-state index contributed by atoms with van der Waals surface area (Å²) in [5.41, 5.74) is 6.20. The summed E-state index contributed by atoms with van der Waals surface area (Å²) in [6.45, 7) is 1.90. The van der Waals surface area contributed by atoms with Crippen molar-refractivity contribution in [1.82, 2.24) is 4.98 Å². The predicted octanol–water partition coefficient (Wildman–Crippen LogP) is 3.33. The highest BCUT2D eigenvalue weighted by molar-refractivity contribution is 6.32. The highest BCUT2D eigenvalue weighted by Gasteiger charge is 2.14. The van der Waals surface area contributed by atoms with Crippen LogP contribution in [0, 0.1) is 17.0 Å². The van der Waals surface area contributed by atoms with Crippen LogP contribution >= 0.6 is 11.6 Å². The van der Waals surface area contributed by atoms with Crippen LogP contribution in [0.25, 0.3) is 0 Å². The van der Waals surface area contributed by atoms with Crippen LogP contribution in [0.3, 0.4) is 0 Å². The van der Waals surface area contributed by atoms with Gasteiger partial charge >= 0.3 is 5.69 Å². The van der Waals surface area contributed by atoms with E-state index in [1.165, 1.54) is 12.1 Å². The number of ether oxygens (including phenoxy) is 1. The van der Waals surface area contributed by atoms with Crippen LogP contribution in [0.1, 0.15) is 5.56 Å². The first-order valence-corrected chi connectivity index (χ1v) is 5.70. The summed E-state index contributed by atoms with van der Waals surface area (Å²) in [6, 6.07) is 7.86. The van der Waals surface area contributed by atoms with Crippen molar-refractivity contribution in [3.63, 3.8) is 0 Å². The van der Waals surface area contributed by atoms with E-state index in [0.29, 0.717) is 10.8 Å². The monoisotopic (exact) mass is 279 g/mol. The van der Waals surface area contributed by atoms with Crippen molar-refractivity contribution in [2.45, 2.75) is 6.92 Å². The molecule has 6 nitrogen and oxygen atoms in total. The van der Waals surface area contributed by atoms with Gasteiger partial charge in [0.25, 0.3) is 0 Å². The number of aromatic nitrogens is 1. The van der Waals surface area contributed by atoms with Crippen molar-refractivity contribution in [3.05, 3.63) is 51.0 Å². The number of aryl methyl sites for hydroxylation is 1. The number of nitrogens with zero attached hydrogens (tertiary/aromatic N) is 2. The van der Waals surface area contributed by atoms with Crippen molar-refractivity contribution >= 4 is 23.1 Å². The maximum absolute atomic E-state index is 10.6. The molecule has 2 rings (SSSR count). The molecule has 7 heteroatoms. The van der Waals surface area contributed by atoms with Gasteiger partial charge in [0.05, 0.1) is 9.95 Å². The second-order valence-electron chi connectivity index (χ2n) is 3.85. The maximum Gasteiger partial charge on any atom is 0.311 e. The van der Waals surface area contributed by atoms with Crippen molar-refractivity contribution in [3.8, 4) is 11.6 Å². The van der Waals surface area contributed by atoms with E-state index in [1.54, 1.807) is 12.1 Å². The summed E-state index contributed by atoms with van der Waals surface area (Å²) in [7, 11) is 0. The third kappa shape index (κ3) is 2.92. The molecule has 2 aromatic rings. The number of hydrogen-bond acceptors (Lipinski definition) is 5. The number of nitrogen functional groups attached to an aromatic ring is 1. The van der Waals surface area contributed by atoms with Crippen LogP contribution in [-0.4, -0.2) is 9.91 Å². The molecule has 0 aliphatic rings. The minimum absolute atomic E-state index is 0.147. The van der Waals surface area contributed by atoms with Gasteiger partial charge in [-0.2, -0.15) is 4.98 Å². The van der Waals surface area contributed by atoms with Gasteiger partial charge in [0, 0.05) is 12.1 Å². The molecule has 0 unspecified atom stereocenters. The maximum atomic E-state index is 10.6. The van der Waals surface area contributed by atoms with Gasteiger partial charge in [-0.05, 0) is 24.6 Å².